The van der Waals surface area contributed by atoms with Crippen molar-refractivity contribution in [1.29, 1.82) is 0 Å². The second-order valence-electron chi connectivity index (χ2n) is 5.88. The molecule has 0 spiro atoms. The number of hydrogen-bond acceptors (Lipinski definition) is 3. The van der Waals surface area contributed by atoms with Crippen LogP contribution in [0.5, 0.6) is 0 Å². The van der Waals surface area contributed by atoms with Gasteiger partial charge in [0.2, 0.25) is 6.54 Å². The van der Waals surface area contributed by atoms with Gasteiger partial charge in [-0.15, -0.1) is 6.58 Å². The van der Waals surface area contributed by atoms with E-state index in [-0.39, 0.29) is 22.6 Å². The average molecular weight is 259 g/mol. The summed E-state index contributed by atoms with van der Waals surface area (Å²) in [6, 6.07) is 0. The van der Waals surface area contributed by atoms with Crippen LogP contribution in [0.2, 0.25) is 18.1 Å². The van der Waals surface area contributed by atoms with E-state index in [1.807, 2.05) is 0 Å². The SMILES string of the molecule is C=CCC[C@@H](C[N+](=O)[O-])O[Si](C)(C)C(C)(C)C. The minimum atomic E-state index is -1.92. The Morgan fingerprint density at radius 1 is 1.47 bits per heavy atom. The third-order valence-electron chi connectivity index (χ3n) is 3.31. The van der Waals surface area contributed by atoms with Crippen molar-refractivity contribution in [2.24, 2.45) is 0 Å². The molecule has 100 valence electrons. The van der Waals surface area contributed by atoms with Crippen molar-refractivity contribution < 1.29 is 9.35 Å². The molecule has 0 amide bonds. The molecule has 5 heteroatoms. The first-order valence-corrected chi connectivity index (χ1v) is 8.91. The first kappa shape index (κ1) is 16.3. The molecule has 0 aromatic heterocycles. The highest BCUT2D eigenvalue weighted by atomic mass is 28.4. The third kappa shape index (κ3) is 5.98. The Kier molecular flexibility index (Phi) is 6.05. The largest absolute Gasteiger partial charge is 0.407 e. The van der Waals surface area contributed by atoms with Gasteiger partial charge in [0, 0.05) is 4.92 Å². The Labute approximate surface area is 105 Å². The molecule has 0 aliphatic rings. The zero-order valence-electron chi connectivity index (χ0n) is 11.7. The van der Waals surface area contributed by atoms with Crippen LogP contribution >= 0.6 is 0 Å². The average Bonchev–Trinajstić information content (AvgIpc) is 2.10. The van der Waals surface area contributed by atoms with E-state index in [0.717, 1.165) is 6.42 Å². The molecule has 0 aromatic rings. The summed E-state index contributed by atoms with van der Waals surface area (Å²) < 4.78 is 6.06. The van der Waals surface area contributed by atoms with Crippen molar-refractivity contribution in [3.05, 3.63) is 22.8 Å². The zero-order chi connectivity index (χ0) is 13.7. The van der Waals surface area contributed by atoms with E-state index in [1.54, 1.807) is 6.08 Å². The van der Waals surface area contributed by atoms with Crippen LogP contribution in [0, 0.1) is 10.1 Å². The minimum absolute atomic E-state index is 0.0794. The molecule has 0 saturated carbocycles. The van der Waals surface area contributed by atoms with Crippen LogP contribution in [0.4, 0.5) is 0 Å². The molecular formula is C12H25NO3Si. The van der Waals surface area contributed by atoms with Gasteiger partial charge in [-0.25, -0.2) is 0 Å². The van der Waals surface area contributed by atoms with Crippen LogP contribution in [0.1, 0.15) is 33.6 Å². The van der Waals surface area contributed by atoms with Gasteiger partial charge < -0.3 is 4.43 Å². The van der Waals surface area contributed by atoms with Crippen LogP contribution in [0.15, 0.2) is 12.7 Å². The van der Waals surface area contributed by atoms with Crippen LogP contribution in [0.25, 0.3) is 0 Å². The quantitative estimate of drug-likeness (QED) is 0.304. The monoisotopic (exact) mass is 259 g/mol. The molecule has 0 bridgehead atoms. The number of allylic oxidation sites excluding steroid dienone is 1. The molecule has 0 N–H and O–H groups in total. The first-order valence-electron chi connectivity index (χ1n) is 6.00. The fourth-order valence-electron chi connectivity index (χ4n) is 1.25. The van der Waals surface area contributed by atoms with Crippen LogP contribution in [-0.4, -0.2) is 25.9 Å². The maximum atomic E-state index is 10.6. The number of nitrogens with zero attached hydrogens (tertiary/aromatic N) is 1. The molecule has 0 unspecified atom stereocenters. The van der Waals surface area contributed by atoms with E-state index in [4.69, 9.17) is 4.43 Å². The van der Waals surface area contributed by atoms with Crippen molar-refractivity contribution in [2.75, 3.05) is 6.54 Å². The van der Waals surface area contributed by atoms with Gasteiger partial charge in [-0.3, -0.25) is 10.1 Å². The summed E-state index contributed by atoms with van der Waals surface area (Å²) in [6.45, 7) is 14.2. The summed E-state index contributed by atoms with van der Waals surface area (Å²) in [5.74, 6) is 0. The van der Waals surface area contributed by atoms with Crippen molar-refractivity contribution in [3.63, 3.8) is 0 Å². The number of rotatable bonds is 7. The zero-order valence-corrected chi connectivity index (χ0v) is 12.7. The lowest BCUT2D eigenvalue weighted by Gasteiger charge is -2.38. The normalized spacial score (nSPS) is 14.4. The van der Waals surface area contributed by atoms with Crippen LogP contribution < -0.4 is 0 Å². The molecule has 0 rings (SSSR count). The summed E-state index contributed by atoms with van der Waals surface area (Å²) in [5, 5.41) is 10.7. The summed E-state index contributed by atoms with van der Waals surface area (Å²) in [4.78, 5) is 10.3. The van der Waals surface area contributed by atoms with E-state index in [0.29, 0.717) is 6.42 Å². The van der Waals surface area contributed by atoms with Gasteiger partial charge in [-0.05, 0) is 31.0 Å². The van der Waals surface area contributed by atoms with Gasteiger partial charge in [0.15, 0.2) is 8.32 Å². The highest BCUT2D eigenvalue weighted by Crippen LogP contribution is 2.37. The van der Waals surface area contributed by atoms with Gasteiger partial charge in [0.1, 0.15) is 6.10 Å². The van der Waals surface area contributed by atoms with Gasteiger partial charge in [-0.2, -0.15) is 0 Å². The van der Waals surface area contributed by atoms with Crippen molar-refractivity contribution in [3.8, 4) is 0 Å². The van der Waals surface area contributed by atoms with Crippen molar-refractivity contribution in [1.82, 2.24) is 0 Å². The Bertz CT molecular complexity index is 271. The topological polar surface area (TPSA) is 52.4 Å². The van der Waals surface area contributed by atoms with Gasteiger partial charge in [-0.1, -0.05) is 26.8 Å². The molecule has 4 nitrogen and oxygen atoms in total. The summed E-state index contributed by atoms with van der Waals surface area (Å²) in [5.41, 5.74) is 0. The molecule has 1 atom stereocenters. The lowest BCUT2D eigenvalue weighted by atomic mass is 10.2. The highest BCUT2D eigenvalue weighted by molar-refractivity contribution is 6.74. The Morgan fingerprint density at radius 3 is 2.35 bits per heavy atom. The number of hydrogen-bond donors (Lipinski definition) is 0. The predicted molar refractivity (Wildman–Crippen MR) is 73.4 cm³/mol. The predicted octanol–water partition coefficient (Wildman–Crippen LogP) is 3.62. The second kappa shape index (κ2) is 6.30. The maximum absolute atomic E-state index is 10.6. The van der Waals surface area contributed by atoms with E-state index in [2.05, 4.69) is 40.4 Å². The van der Waals surface area contributed by atoms with E-state index in [1.165, 1.54) is 0 Å². The van der Waals surface area contributed by atoms with Gasteiger partial charge in [0.25, 0.3) is 0 Å². The van der Waals surface area contributed by atoms with Crippen molar-refractivity contribution in [2.45, 2.75) is 57.8 Å². The first-order chi connectivity index (χ1) is 7.60. The molecular weight excluding hydrogens is 234 g/mol. The molecule has 0 radical (unpaired) electrons. The fraction of sp³-hybridized carbons (Fsp3) is 0.833. The Balaban J connectivity index is 4.61. The smallest absolute Gasteiger partial charge is 0.228 e. The molecule has 0 fully saturated rings. The molecule has 0 aliphatic carbocycles. The summed E-state index contributed by atoms with van der Waals surface area (Å²) in [7, 11) is -1.92. The van der Waals surface area contributed by atoms with E-state index >= 15 is 0 Å². The van der Waals surface area contributed by atoms with E-state index in [9.17, 15) is 10.1 Å². The van der Waals surface area contributed by atoms with E-state index < -0.39 is 8.32 Å². The summed E-state index contributed by atoms with van der Waals surface area (Å²) in [6.07, 6.45) is 2.93. The molecule has 0 saturated heterocycles. The molecule has 17 heavy (non-hydrogen) atoms. The maximum Gasteiger partial charge on any atom is 0.228 e. The Hall–Kier alpha value is -0.683. The number of nitro groups is 1. The molecule has 0 heterocycles. The van der Waals surface area contributed by atoms with Gasteiger partial charge in [0.05, 0.1) is 0 Å². The summed E-state index contributed by atoms with van der Waals surface area (Å²) >= 11 is 0. The third-order valence-corrected chi connectivity index (χ3v) is 7.85. The highest BCUT2D eigenvalue weighted by Gasteiger charge is 2.39. The van der Waals surface area contributed by atoms with Crippen LogP contribution in [0.3, 0.4) is 0 Å². The molecule has 0 aromatic carbocycles. The minimum Gasteiger partial charge on any atom is -0.407 e. The second-order valence-corrected chi connectivity index (χ2v) is 10.6. The Morgan fingerprint density at radius 2 is 2.00 bits per heavy atom. The van der Waals surface area contributed by atoms with Gasteiger partial charge >= 0.3 is 0 Å². The molecule has 0 aliphatic heterocycles. The van der Waals surface area contributed by atoms with Crippen LogP contribution in [-0.2, 0) is 4.43 Å². The van der Waals surface area contributed by atoms with Crippen molar-refractivity contribution >= 4 is 8.32 Å². The lowest BCUT2D eigenvalue weighted by Crippen LogP contribution is -2.45. The fourth-order valence-corrected chi connectivity index (χ4v) is 2.63. The standard InChI is InChI=1S/C12H25NO3Si/c1-7-8-9-11(10-13(14)15)16-17(5,6)12(2,3)4/h7,11H,1,8-10H2,2-6H3/t11-/m0/s1. The lowest BCUT2D eigenvalue weighted by molar-refractivity contribution is -0.489.